The summed E-state index contributed by atoms with van der Waals surface area (Å²) in [6.07, 6.45) is 42.9. The van der Waals surface area contributed by atoms with Crippen molar-refractivity contribution >= 4 is 5.97 Å². The van der Waals surface area contributed by atoms with Crippen LogP contribution in [0, 0.1) is 0 Å². The summed E-state index contributed by atoms with van der Waals surface area (Å²) in [6.45, 7) is 5.20. The zero-order valence-electron chi connectivity index (χ0n) is 27.0. The largest absolute Gasteiger partial charge is 0.457 e. The van der Waals surface area contributed by atoms with Crippen LogP contribution in [0.25, 0.3) is 0 Å². The molecule has 0 aromatic heterocycles. The number of hydrogen-bond acceptors (Lipinski definition) is 4. The number of ether oxygens (including phenoxy) is 2. The van der Waals surface area contributed by atoms with Gasteiger partial charge in [-0.25, -0.2) is 0 Å². The highest BCUT2D eigenvalue weighted by Gasteiger charge is 2.13. The Morgan fingerprint density at radius 3 is 1.66 bits per heavy atom. The maximum absolute atomic E-state index is 12.1. The smallest absolute Gasteiger partial charge is 0.306 e. The fourth-order valence-corrected chi connectivity index (χ4v) is 4.61. The van der Waals surface area contributed by atoms with E-state index in [0.29, 0.717) is 19.6 Å². The second-order valence-electron chi connectivity index (χ2n) is 11.2. The molecule has 0 fully saturated rings. The van der Waals surface area contributed by atoms with Gasteiger partial charge in [-0.05, 0) is 51.4 Å². The van der Waals surface area contributed by atoms with E-state index >= 15 is 0 Å². The minimum absolute atomic E-state index is 0.175. The summed E-state index contributed by atoms with van der Waals surface area (Å²) < 4.78 is 11.0. The lowest BCUT2D eigenvalue weighted by atomic mass is 10.1. The van der Waals surface area contributed by atoms with Crippen molar-refractivity contribution in [3.63, 3.8) is 0 Å². The van der Waals surface area contributed by atoms with Crippen LogP contribution in [0.15, 0.2) is 48.6 Å². The van der Waals surface area contributed by atoms with Crippen molar-refractivity contribution in [2.24, 2.45) is 0 Å². The van der Waals surface area contributed by atoms with Gasteiger partial charge in [-0.2, -0.15) is 0 Å². The highest BCUT2D eigenvalue weighted by molar-refractivity contribution is 5.69. The zero-order chi connectivity index (χ0) is 29.9. The summed E-state index contributed by atoms with van der Waals surface area (Å²) in [4.78, 5) is 12.1. The molecule has 0 radical (unpaired) electrons. The van der Waals surface area contributed by atoms with Crippen molar-refractivity contribution in [1.82, 2.24) is 0 Å². The van der Waals surface area contributed by atoms with E-state index in [2.05, 4.69) is 62.5 Å². The summed E-state index contributed by atoms with van der Waals surface area (Å²) >= 11 is 0. The maximum Gasteiger partial charge on any atom is 0.306 e. The highest BCUT2D eigenvalue weighted by Crippen LogP contribution is 2.12. The Balaban J connectivity index is 3.48. The summed E-state index contributed by atoms with van der Waals surface area (Å²) in [5.41, 5.74) is 0. The highest BCUT2D eigenvalue weighted by atomic mass is 16.6. The van der Waals surface area contributed by atoms with Gasteiger partial charge in [0.2, 0.25) is 0 Å². The van der Waals surface area contributed by atoms with Gasteiger partial charge in [0.05, 0.1) is 13.2 Å². The lowest BCUT2D eigenvalue weighted by Crippen LogP contribution is -2.27. The molecule has 0 aliphatic carbocycles. The third-order valence-electron chi connectivity index (χ3n) is 7.17. The minimum Gasteiger partial charge on any atom is -0.457 e. The SMILES string of the molecule is CC/C=C\C/C=C\C/C=C\C/C=C\CCCCCCCCCCC(=O)OC(CO)COCCCCCCCCCC. The van der Waals surface area contributed by atoms with E-state index in [4.69, 9.17) is 9.47 Å². The molecule has 0 rings (SSSR count). The quantitative estimate of drug-likeness (QED) is 0.0508. The number of rotatable bonds is 31. The van der Waals surface area contributed by atoms with Gasteiger partial charge in [0.15, 0.2) is 0 Å². The Morgan fingerprint density at radius 1 is 0.610 bits per heavy atom. The lowest BCUT2D eigenvalue weighted by Gasteiger charge is -2.16. The van der Waals surface area contributed by atoms with Crippen molar-refractivity contribution in [2.45, 2.75) is 161 Å². The molecule has 4 nitrogen and oxygen atoms in total. The molecule has 41 heavy (non-hydrogen) atoms. The zero-order valence-corrected chi connectivity index (χ0v) is 27.0. The number of carbonyl (C=O) groups is 1. The van der Waals surface area contributed by atoms with Crippen LogP contribution < -0.4 is 0 Å². The molecular weight excluding hydrogens is 508 g/mol. The van der Waals surface area contributed by atoms with Crippen LogP contribution in [0.4, 0.5) is 0 Å². The number of aliphatic hydroxyl groups is 1. The first kappa shape index (κ1) is 39.4. The van der Waals surface area contributed by atoms with Gasteiger partial charge < -0.3 is 14.6 Å². The molecule has 1 N–H and O–H groups in total. The van der Waals surface area contributed by atoms with Crippen LogP contribution in [0.1, 0.15) is 155 Å². The number of carbonyl (C=O) groups excluding carboxylic acids is 1. The predicted molar refractivity (Wildman–Crippen MR) is 177 cm³/mol. The van der Waals surface area contributed by atoms with E-state index in [1.54, 1.807) is 0 Å². The summed E-state index contributed by atoms with van der Waals surface area (Å²) in [5, 5.41) is 9.50. The number of aliphatic hydroxyl groups excluding tert-OH is 1. The summed E-state index contributed by atoms with van der Waals surface area (Å²) in [6, 6.07) is 0. The first-order valence-corrected chi connectivity index (χ1v) is 17.2. The minimum atomic E-state index is -0.534. The molecule has 0 aromatic rings. The predicted octanol–water partition coefficient (Wildman–Crippen LogP) is 10.8. The van der Waals surface area contributed by atoms with E-state index in [1.807, 2.05) is 0 Å². The van der Waals surface area contributed by atoms with Crippen LogP contribution in [0.2, 0.25) is 0 Å². The fourth-order valence-electron chi connectivity index (χ4n) is 4.61. The molecule has 1 unspecified atom stereocenters. The molecule has 0 aliphatic rings. The van der Waals surface area contributed by atoms with Crippen molar-refractivity contribution in [1.29, 1.82) is 0 Å². The van der Waals surface area contributed by atoms with Crippen molar-refractivity contribution in [3.8, 4) is 0 Å². The fraction of sp³-hybridized carbons (Fsp3) is 0.757. The number of esters is 1. The van der Waals surface area contributed by atoms with Gasteiger partial charge in [0.1, 0.15) is 6.10 Å². The molecule has 238 valence electrons. The Hall–Kier alpha value is -1.65. The average Bonchev–Trinajstić information content (AvgIpc) is 2.98. The van der Waals surface area contributed by atoms with Crippen LogP contribution in [-0.2, 0) is 14.3 Å². The number of allylic oxidation sites excluding steroid dienone is 8. The molecular formula is C37H66O4. The molecule has 0 spiro atoms. The third kappa shape index (κ3) is 32.7. The van der Waals surface area contributed by atoms with Crippen molar-refractivity contribution < 1.29 is 19.4 Å². The third-order valence-corrected chi connectivity index (χ3v) is 7.17. The number of unbranched alkanes of at least 4 members (excludes halogenated alkanes) is 15. The summed E-state index contributed by atoms with van der Waals surface area (Å²) in [5.74, 6) is -0.212. The molecule has 0 aromatic carbocycles. The monoisotopic (exact) mass is 574 g/mol. The van der Waals surface area contributed by atoms with Gasteiger partial charge in [-0.3, -0.25) is 4.79 Å². The van der Waals surface area contributed by atoms with E-state index in [9.17, 15) is 9.90 Å². The van der Waals surface area contributed by atoms with E-state index in [0.717, 1.165) is 44.9 Å². The molecule has 0 amide bonds. The maximum atomic E-state index is 12.1. The van der Waals surface area contributed by atoms with E-state index < -0.39 is 6.10 Å². The Labute approximate surface area is 254 Å². The van der Waals surface area contributed by atoms with Crippen molar-refractivity contribution in [3.05, 3.63) is 48.6 Å². The molecule has 0 aliphatic heterocycles. The normalized spacial score (nSPS) is 13.0. The number of hydrogen-bond donors (Lipinski definition) is 1. The molecule has 0 saturated heterocycles. The Morgan fingerprint density at radius 2 is 1.10 bits per heavy atom. The van der Waals surface area contributed by atoms with Gasteiger partial charge in [0.25, 0.3) is 0 Å². The molecule has 0 heterocycles. The van der Waals surface area contributed by atoms with Crippen molar-refractivity contribution in [2.75, 3.05) is 19.8 Å². The molecule has 0 bridgehead atoms. The topological polar surface area (TPSA) is 55.8 Å². The Bertz CT molecular complexity index is 649. The summed E-state index contributed by atoms with van der Waals surface area (Å²) in [7, 11) is 0. The second-order valence-corrected chi connectivity index (χ2v) is 11.2. The standard InChI is InChI=1S/C37H66O4/c1-3-5-7-9-11-13-14-15-16-17-18-19-20-21-22-23-24-25-26-28-30-32-37(39)41-36(34-38)35-40-33-31-29-27-12-10-8-6-4-2/h5,7,11,13,15-16,18-19,36,38H,3-4,6,8-10,12,14,17,20-35H2,1-2H3/b7-5-,13-11-,16-15-,19-18-. The van der Waals surface area contributed by atoms with Crippen LogP contribution in [0.3, 0.4) is 0 Å². The first-order valence-electron chi connectivity index (χ1n) is 17.2. The van der Waals surface area contributed by atoms with Crippen LogP contribution in [-0.4, -0.2) is 37.0 Å². The lowest BCUT2D eigenvalue weighted by molar-refractivity contribution is -0.154. The Kier molecular flexibility index (Phi) is 33.2. The second kappa shape index (κ2) is 34.6. The first-order chi connectivity index (χ1) is 20.2. The molecule has 1 atom stereocenters. The molecule has 4 heteroatoms. The average molecular weight is 575 g/mol. The van der Waals surface area contributed by atoms with E-state index in [-0.39, 0.29) is 12.6 Å². The van der Waals surface area contributed by atoms with Gasteiger partial charge >= 0.3 is 5.97 Å². The van der Waals surface area contributed by atoms with Crippen LogP contribution in [0.5, 0.6) is 0 Å². The van der Waals surface area contributed by atoms with Crippen LogP contribution >= 0.6 is 0 Å². The molecule has 0 saturated carbocycles. The van der Waals surface area contributed by atoms with E-state index in [1.165, 1.54) is 89.9 Å². The van der Waals surface area contributed by atoms with Gasteiger partial charge in [-0.15, -0.1) is 0 Å². The van der Waals surface area contributed by atoms with Gasteiger partial charge in [0, 0.05) is 13.0 Å². The van der Waals surface area contributed by atoms with Gasteiger partial charge in [-0.1, -0.05) is 146 Å².